The van der Waals surface area contributed by atoms with Crippen LogP contribution in [-0.4, -0.2) is 39.2 Å². The number of amides is 1. The highest BCUT2D eigenvalue weighted by Crippen LogP contribution is 2.30. The van der Waals surface area contributed by atoms with E-state index in [-0.39, 0.29) is 11.7 Å². The predicted molar refractivity (Wildman–Crippen MR) is 121 cm³/mol. The third kappa shape index (κ3) is 6.22. The second kappa shape index (κ2) is 10.8. The molecule has 0 aliphatic heterocycles. The first-order valence-corrected chi connectivity index (χ1v) is 10.7. The van der Waals surface area contributed by atoms with Gasteiger partial charge in [0.05, 0.1) is 18.6 Å². The summed E-state index contributed by atoms with van der Waals surface area (Å²) < 4.78 is 13.1. The Morgan fingerprint density at radius 1 is 1.26 bits per heavy atom. The van der Waals surface area contributed by atoms with E-state index in [0.29, 0.717) is 34.0 Å². The third-order valence-electron chi connectivity index (χ3n) is 4.27. The van der Waals surface area contributed by atoms with Crippen molar-refractivity contribution < 1.29 is 14.3 Å². The van der Waals surface area contributed by atoms with Gasteiger partial charge in [-0.25, -0.2) is 5.43 Å². The van der Waals surface area contributed by atoms with E-state index in [1.54, 1.807) is 37.1 Å². The summed E-state index contributed by atoms with van der Waals surface area (Å²) in [5, 5.41) is 13.2. The monoisotopic (exact) mass is 459 g/mol. The van der Waals surface area contributed by atoms with Gasteiger partial charge in [0.15, 0.2) is 16.7 Å². The van der Waals surface area contributed by atoms with Crippen molar-refractivity contribution in [2.24, 2.45) is 12.1 Å². The maximum atomic E-state index is 12.1. The Kier molecular flexibility index (Phi) is 7.91. The molecule has 8 nitrogen and oxygen atoms in total. The highest BCUT2D eigenvalue weighted by molar-refractivity contribution is 7.99. The number of nitrogens with zero attached hydrogens (tertiary/aromatic N) is 4. The van der Waals surface area contributed by atoms with Crippen molar-refractivity contribution in [3.63, 3.8) is 0 Å². The van der Waals surface area contributed by atoms with E-state index in [4.69, 9.17) is 21.1 Å². The fourth-order valence-electron chi connectivity index (χ4n) is 2.56. The van der Waals surface area contributed by atoms with E-state index in [0.717, 1.165) is 11.1 Å². The summed E-state index contributed by atoms with van der Waals surface area (Å²) in [5.41, 5.74) is 4.86. The van der Waals surface area contributed by atoms with E-state index in [2.05, 4.69) is 20.7 Å². The Bertz CT molecular complexity index is 1090. The standard InChI is InChI=1S/C21H22ClN5O3S/c1-14(24-25-20(28)12-31-21-26-23-13-27(21)2)15-8-9-18(19(10-15)29-3)30-11-16-6-4-5-7-17(16)22/h4-10,13H,11-12H2,1-3H3,(H,25,28)/b24-14+. The normalized spacial score (nSPS) is 11.3. The van der Waals surface area contributed by atoms with Crippen molar-refractivity contribution >= 4 is 35.0 Å². The van der Waals surface area contributed by atoms with E-state index < -0.39 is 0 Å². The van der Waals surface area contributed by atoms with Crippen molar-refractivity contribution in [3.05, 3.63) is 64.9 Å². The zero-order valence-electron chi connectivity index (χ0n) is 17.3. The third-order valence-corrected chi connectivity index (χ3v) is 5.68. The van der Waals surface area contributed by atoms with Crippen molar-refractivity contribution in [3.8, 4) is 11.5 Å². The molecule has 0 aliphatic carbocycles. The molecule has 1 aromatic heterocycles. The number of carbonyl (C=O) groups is 1. The highest BCUT2D eigenvalue weighted by Gasteiger charge is 2.10. The zero-order valence-corrected chi connectivity index (χ0v) is 18.9. The minimum atomic E-state index is -0.237. The number of benzene rings is 2. The summed E-state index contributed by atoms with van der Waals surface area (Å²) in [5.74, 6) is 1.09. The van der Waals surface area contributed by atoms with Gasteiger partial charge >= 0.3 is 0 Å². The molecule has 0 saturated heterocycles. The van der Waals surface area contributed by atoms with Gasteiger partial charge < -0.3 is 14.0 Å². The number of thioether (sulfide) groups is 1. The van der Waals surface area contributed by atoms with Crippen LogP contribution in [0.4, 0.5) is 0 Å². The van der Waals surface area contributed by atoms with Crippen LogP contribution in [-0.2, 0) is 18.4 Å². The molecule has 0 spiro atoms. The van der Waals surface area contributed by atoms with E-state index in [9.17, 15) is 4.79 Å². The van der Waals surface area contributed by atoms with Gasteiger partial charge in [-0.15, -0.1) is 10.2 Å². The highest BCUT2D eigenvalue weighted by atomic mass is 35.5. The van der Waals surface area contributed by atoms with Gasteiger partial charge in [0, 0.05) is 23.2 Å². The molecule has 0 unspecified atom stereocenters. The molecular weight excluding hydrogens is 438 g/mol. The number of methoxy groups -OCH3 is 1. The summed E-state index contributed by atoms with van der Waals surface area (Å²) in [6.45, 7) is 2.12. The van der Waals surface area contributed by atoms with Gasteiger partial charge in [0.25, 0.3) is 5.91 Å². The molecule has 0 radical (unpaired) electrons. The van der Waals surface area contributed by atoms with Crippen molar-refractivity contribution in [2.75, 3.05) is 12.9 Å². The minimum absolute atomic E-state index is 0.182. The SMILES string of the molecule is COc1cc(/C(C)=N/NC(=O)CSc2nncn2C)ccc1OCc1ccccc1Cl. The van der Waals surface area contributed by atoms with Gasteiger partial charge in [-0.05, 0) is 31.2 Å². The Balaban J connectivity index is 1.60. The topological polar surface area (TPSA) is 90.6 Å². The van der Waals surface area contributed by atoms with E-state index in [1.165, 1.54) is 11.8 Å². The van der Waals surface area contributed by atoms with Crippen LogP contribution < -0.4 is 14.9 Å². The molecule has 1 heterocycles. The Morgan fingerprint density at radius 2 is 2.06 bits per heavy atom. The number of halogens is 1. The molecule has 0 fully saturated rings. The van der Waals surface area contributed by atoms with Crippen molar-refractivity contribution in [1.82, 2.24) is 20.2 Å². The fraction of sp³-hybridized carbons (Fsp3) is 0.238. The van der Waals surface area contributed by atoms with Gasteiger partial charge in [-0.3, -0.25) is 4.79 Å². The van der Waals surface area contributed by atoms with Crippen LogP contribution in [0.1, 0.15) is 18.1 Å². The summed E-state index contributed by atoms with van der Waals surface area (Å²) in [4.78, 5) is 12.1. The number of rotatable bonds is 9. The Morgan fingerprint density at radius 3 is 2.77 bits per heavy atom. The molecule has 10 heteroatoms. The molecule has 1 N–H and O–H groups in total. The number of ether oxygens (including phenoxy) is 2. The van der Waals surface area contributed by atoms with Gasteiger partial charge in [0.2, 0.25) is 0 Å². The van der Waals surface area contributed by atoms with E-state index >= 15 is 0 Å². The lowest BCUT2D eigenvalue weighted by molar-refractivity contribution is -0.118. The summed E-state index contributed by atoms with van der Waals surface area (Å²) >= 11 is 7.46. The number of carbonyl (C=O) groups excluding carboxylic acids is 1. The maximum absolute atomic E-state index is 12.1. The summed E-state index contributed by atoms with van der Waals surface area (Å²) in [7, 11) is 3.39. The first-order valence-electron chi connectivity index (χ1n) is 9.32. The number of hydrazone groups is 1. The van der Waals surface area contributed by atoms with Crippen molar-refractivity contribution in [1.29, 1.82) is 0 Å². The lowest BCUT2D eigenvalue weighted by Gasteiger charge is -2.13. The molecule has 0 atom stereocenters. The van der Waals surface area contributed by atoms with Crippen LogP contribution in [0.5, 0.6) is 11.5 Å². The summed E-state index contributed by atoms with van der Waals surface area (Å²) in [6, 6.07) is 13.0. The van der Waals surface area contributed by atoms with Gasteiger partial charge in [-0.1, -0.05) is 41.6 Å². The number of nitrogens with one attached hydrogen (secondary N) is 1. The number of hydrogen-bond acceptors (Lipinski definition) is 7. The lowest BCUT2D eigenvalue weighted by atomic mass is 10.1. The van der Waals surface area contributed by atoms with Crippen LogP contribution in [0.15, 0.2) is 59.0 Å². The van der Waals surface area contributed by atoms with Crippen LogP contribution in [0.3, 0.4) is 0 Å². The Hall–Kier alpha value is -3.04. The van der Waals surface area contributed by atoms with Crippen LogP contribution in [0, 0.1) is 0 Å². The van der Waals surface area contributed by atoms with Gasteiger partial charge in [-0.2, -0.15) is 5.10 Å². The van der Waals surface area contributed by atoms with Crippen molar-refractivity contribution in [2.45, 2.75) is 18.7 Å². The smallest absolute Gasteiger partial charge is 0.250 e. The molecule has 3 aromatic rings. The first-order chi connectivity index (χ1) is 15.0. The quantitative estimate of drug-likeness (QED) is 0.298. The Labute approximate surface area is 189 Å². The number of aromatic nitrogens is 3. The lowest BCUT2D eigenvalue weighted by Crippen LogP contribution is -2.21. The van der Waals surface area contributed by atoms with Crippen LogP contribution in [0.2, 0.25) is 5.02 Å². The number of hydrogen-bond donors (Lipinski definition) is 1. The molecule has 2 aromatic carbocycles. The molecule has 0 aliphatic rings. The average Bonchev–Trinajstić information content (AvgIpc) is 3.20. The molecule has 31 heavy (non-hydrogen) atoms. The first kappa shape index (κ1) is 22.6. The van der Waals surface area contributed by atoms with E-state index in [1.807, 2.05) is 37.4 Å². The molecule has 1 amide bonds. The zero-order chi connectivity index (χ0) is 22.2. The molecule has 3 rings (SSSR count). The number of aryl methyl sites for hydroxylation is 1. The predicted octanol–water partition coefficient (Wildman–Crippen LogP) is 3.69. The van der Waals surface area contributed by atoms with Crippen LogP contribution >= 0.6 is 23.4 Å². The van der Waals surface area contributed by atoms with Gasteiger partial charge in [0.1, 0.15) is 12.9 Å². The molecule has 0 saturated carbocycles. The largest absolute Gasteiger partial charge is 0.493 e. The fourth-order valence-corrected chi connectivity index (χ4v) is 3.43. The minimum Gasteiger partial charge on any atom is -0.493 e. The second-order valence-corrected chi connectivity index (χ2v) is 7.84. The van der Waals surface area contributed by atoms with Crippen LogP contribution in [0.25, 0.3) is 0 Å². The second-order valence-electron chi connectivity index (χ2n) is 6.49. The average molecular weight is 460 g/mol. The molecule has 0 bridgehead atoms. The summed E-state index contributed by atoms with van der Waals surface area (Å²) in [6.07, 6.45) is 1.58. The molecule has 162 valence electrons. The maximum Gasteiger partial charge on any atom is 0.250 e. The molecular formula is C21H22ClN5O3S.